The van der Waals surface area contributed by atoms with Crippen molar-refractivity contribution in [3.05, 3.63) is 29.6 Å². The molecule has 0 fully saturated rings. The maximum absolute atomic E-state index is 13.6. The van der Waals surface area contributed by atoms with E-state index in [-0.39, 0.29) is 18.0 Å². The Labute approximate surface area is 122 Å². The first-order chi connectivity index (χ1) is 9.45. The molecule has 1 aromatic carbocycles. The molecule has 0 aliphatic carbocycles. The lowest BCUT2D eigenvalue weighted by Crippen LogP contribution is -2.39. The van der Waals surface area contributed by atoms with Crippen molar-refractivity contribution in [1.29, 1.82) is 0 Å². The second-order valence-electron chi connectivity index (χ2n) is 4.17. The molecule has 20 heavy (non-hydrogen) atoms. The summed E-state index contributed by atoms with van der Waals surface area (Å²) in [6, 6.07) is 3.95. The monoisotopic (exact) mass is 300 g/mol. The number of rotatable bonds is 6. The number of nitrogens with one attached hydrogen (secondary N) is 1. The number of amides is 2. The molecule has 0 saturated heterocycles. The highest BCUT2D eigenvalue weighted by Gasteiger charge is 2.18. The lowest BCUT2D eigenvalue weighted by atomic mass is 10.2. The van der Waals surface area contributed by atoms with E-state index >= 15 is 0 Å². The largest absolute Gasteiger partial charge is 0.383 e. The van der Waals surface area contributed by atoms with Gasteiger partial charge in [0.15, 0.2) is 0 Å². The number of ether oxygens (including phenoxy) is 1. The SMILES string of the molecule is COCCNC(=O)CN(C)C(=O)c1cc(S)ccc1F. The van der Waals surface area contributed by atoms with Gasteiger partial charge in [-0.1, -0.05) is 0 Å². The van der Waals surface area contributed by atoms with Gasteiger partial charge in [0.25, 0.3) is 5.91 Å². The van der Waals surface area contributed by atoms with Crippen LogP contribution >= 0.6 is 12.6 Å². The van der Waals surface area contributed by atoms with Crippen molar-refractivity contribution in [2.24, 2.45) is 0 Å². The van der Waals surface area contributed by atoms with Gasteiger partial charge in [-0.2, -0.15) is 0 Å². The average molecular weight is 300 g/mol. The van der Waals surface area contributed by atoms with Gasteiger partial charge in [0.2, 0.25) is 5.91 Å². The van der Waals surface area contributed by atoms with Gasteiger partial charge in [0.05, 0.1) is 18.7 Å². The molecule has 110 valence electrons. The summed E-state index contributed by atoms with van der Waals surface area (Å²) in [7, 11) is 2.96. The first kappa shape index (κ1) is 16.5. The lowest BCUT2D eigenvalue weighted by Gasteiger charge is -2.17. The van der Waals surface area contributed by atoms with Crippen molar-refractivity contribution < 1.29 is 18.7 Å². The van der Waals surface area contributed by atoms with E-state index in [1.807, 2.05) is 0 Å². The normalized spacial score (nSPS) is 10.2. The Kier molecular flexibility index (Phi) is 6.47. The lowest BCUT2D eigenvalue weighted by molar-refractivity contribution is -0.121. The molecule has 1 aromatic rings. The molecule has 0 bridgehead atoms. The number of methoxy groups -OCH3 is 1. The standard InChI is InChI=1S/C13H17FN2O3S/c1-16(8-12(17)15-5-6-19-2)13(18)10-7-9(20)3-4-11(10)14/h3-4,7,20H,5-6,8H2,1-2H3,(H,15,17). The third kappa shape index (κ3) is 4.82. The van der Waals surface area contributed by atoms with Crippen molar-refractivity contribution in [2.75, 3.05) is 33.9 Å². The molecule has 0 spiro atoms. The molecule has 1 rings (SSSR count). The minimum absolute atomic E-state index is 0.107. The van der Waals surface area contributed by atoms with Crippen LogP contribution in [0.4, 0.5) is 4.39 Å². The first-order valence-electron chi connectivity index (χ1n) is 5.95. The van der Waals surface area contributed by atoms with Crippen LogP contribution in [-0.4, -0.2) is 50.6 Å². The topological polar surface area (TPSA) is 58.6 Å². The summed E-state index contributed by atoms with van der Waals surface area (Å²) in [5.41, 5.74) is -0.107. The van der Waals surface area contributed by atoms with Crippen LogP contribution in [0.3, 0.4) is 0 Å². The van der Waals surface area contributed by atoms with Crippen molar-refractivity contribution >= 4 is 24.4 Å². The summed E-state index contributed by atoms with van der Waals surface area (Å²) in [5, 5.41) is 2.58. The van der Waals surface area contributed by atoms with E-state index in [1.54, 1.807) is 0 Å². The summed E-state index contributed by atoms with van der Waals surface area (Å²) in [6.07, 6.45) is 0. The predicted molar refractivity (Wildman–Crippen MR) is 75.5 cm³/mol. The zero-order chi connectivity index (χ0) is 15.1. The highest BCUT2D eigenvalue weighted by Crippen LogP contribution is 2.15. The van der Waals surface area contributed by atoms with Crippen LogP contribution in [0.2, 0.25) is 0 Å². The number of carbonyl (C=O) groups excluding carboxylic acids is 2. The highest BCUT2D eigenvalue weighted by molar-refractivity contribution is 7.80. The molecular formula is C13H17FN2O3S. The number of halogens is 1. The van der Waals surface area contributed by atoms with E-state index in [4.69, 9.17) is 4.74 Å². The number of likely N-dealkylation sites (N-methyl/N-ethyl adjacent to an activating group) is 1. The Bertz CT molecular complexity index is 497. The Morgan fingerprint density at radius 2 is 2.15 bits per heavy atom. The Hall–Kier alpha value is -1.60. The summed E-state index contributed by atoms with van der Waals surface area (Å²) in [5.74, 6) is -1.54. The first-order valence-corrected chi connectivity index (χ1v) is 6.40. The Morgan fingerprint density at radius 3 is 2.80 bits per heavy atom. The molecule has 1 N–H and O–H groups in total. The number of benzene rings is 1. The van der Waals surface area contributed by atoms with E-state index < -0.39 is 11.7 Å². The number of carbonyl (C=O) groups is 2. The predicted octanol–water partition coefficient (Wildman–Crippen LogP) is 0.949. The molecule has 5 nitrogen and oxygen atoms in total. The van der Waals surface area contributed by atoms with Crippen LogP contribution in [0.15, 0.2) is 23.1 Å². The molecule has 7 heteroatoms. The van der Waals surface area contributed by atoms with Gasteiger partial charge in [0, 0.05) is 25.6 Å². The second kappa shape index (κ2) is 7.86. The van der Waals surface area contributed by atoms with E-state index in [0.717, 1.165) is 4.90 Å². The fraction of sp³-hybridized carbons (Fsp3) is 0.385. The highest BCUT2D eigenvalue weighted by atomic mass is 32.1. The molecular weight excluding hydrogens is 283 g/mol. The zero-order valence-corrected chi connectivity index (χ0v) is 12.2. The minimum atomic E-state index is -0.639. The van der Waals surface area contributed by atoms with Gasteiger partial charge in [0.1, 0.15) is 5.82 Å². The number of nitrogens with zero attached hydrogens (tertiary/aromatic N) is 1. The smallest absolute Gasteiger partial charge is 0.257 e. The van der Waals surface area contributed by atoms with E-state index in [0.29, 0.717) is 18.0 Å². The van der Waals surface area contributed by atoms with E-state index in [9.17, 15) is 14.0 Å². The van der Waals surface area contributed by atoms with Crippen molar-refractivity contribution in [3.8, 4) is 0 Å². The molecule has 0 unspecified atom stereocenters. The summed E-state index contributed by atoms with van der Waals surface area (Å²) in [4.78, 5) is 25.2. The van der Waals surface area contributed by atoms with Crippen LogP contribution in [0.25, 0.3) is 0 Å². The van der Waals surface area contributed by atoms with Crippen LogP contribution in [0.1, 0.15) is 10.4 Å². The summed E-state index contributed by atoms with van der Waals surface area (Å²) >= 11 is 4.06. The molecule has 0 aliphatic rings. The van der Waals surface area contributed by atoms with Crippen LogP contribution in [0, 0.1) is 5.82 Å². The maximum atomic E-state index is 13.6. The summed E-state index contributed by atoms with van der Waals surface area (Å²) in [6.45, 7) is 0.594. The van der Waals surface area contributed by atoms with Crippen LogP contribution in [0.5, 0.6) is 0 Å². The fourth-order valence-electron chi connectivity index (χ4n) is 1.52. The summed E-state index contributed by atoms with van der Waals surface area (Å²) < 4.78 is 18.4. The van der Waals surface area contributed by atoms with Gasteiger partial charge < -0.3 is 15.0 Å². The quantitative estimate of drug-likeness (QED) is 0.607. The van der Waals surface area contributed by atoms with Gasteiger partial charge in [-0.15, -0.1) is 12.6 Å². The molecule has 2 amide bonds. The third-order valence-electron chi connectivity index (χ3n) is 2.54. The Balaban J connectivity index is 2.62. The van der Waals surface area contributed by atoms with Crippen molar-refractivity contribution in [1.82, 2.24) is 10.2 Å². The fourth-order valence-corrected chi connectivity index (χ4v) is 1.72. The van der Waals surface area contributed by atoms with Gasteiger partial charge in [-0.25, -0.2) is 4.39 Å². The average Bonchev–Trinajstić information content (AvgIpc) is 2.41. The Morgan fingerprint density at radius 1 is 1.45 bits per heavy atom. The minimum Gasteiger partial charge on any atom is -0.383 e. The molecule has 0 aliphatic heterocycles. The van der Waals surface area contributed by atoms with E-state index in [1.165, 1.54) is 32.4 Å². The van der Waals surface area contributed by atoms with Crippen molar-refractivity contribution in [2.45, 2.75) is 4.90 Å². The number of hydrogen-bond donors (Lipinski definition) is 2. The van der Waals surface area contributed by atoms with Crippen molar-refractivity contribution in [3.63, 3.8) is 0 Å². The molecule has 0 saturated carbocycles. The number of thiol groups is 1. The maximum Gasteiger partial charge on any atom is 0.257 e. The number of hydrogen-bond acceptors (Lipinski definition) is 4. The van der Waals surface area contributed by atoms with Gasteiger partial charge in [-0.05, 0) is 18.2 Å². The molecule has 0 heterocycles. The molecule has 0 aromatic heterocycles. The van der Waals surface area contributed by atoms with Crippen LogP contribution < -0.4 is 5.32 Å². The van der Waals surface area contributed by atoms with Gasteiger partial charge in [-0.3, -0.25) is 9.59 Å². The van der Waals surface area contributed by atoms with E-state index in [2.05, 4.69) is 17.9 Å². The van der Waals surface area contributed by atoms with Gasteiger partial charge >= 0.3 is 0 Å². The second-order valence-corrected chi connectivity index (χ2v) is 4.68. The van der Waals surface area contributed by atoms with Crippen LogP contribution in [-0.2, 0) is 9.53 Å². The molecule has 0 atom stereocenters. The third-order valence-corrected chi connectivity index (χ3v) is 2.81. The molecule has 0 radical (unpaired) electrons. The zero-order valence-electron chi connectivity index (χ0n) is 11.4.